The molecule has 0 aromatic heterocycles. The second-order valence-corrected chi connectivity index (χ2v) is 15.7. The Morgan fingerprint density at radius 2 is 1.82 bits per heavy atom. The van der Waals surface area contributed by atoms with Crippen LogP contribution in [0.2, 0.25) is 0 Å². The summed E-state index contributed by atoms with van der Waals surface area (Å²) in [6.07, 6.45) is 3.48. The normalized spacial score (nSPS) is 25.9. The van der Waals surface area contributed by atoms with E-state index >= 15 is 0 Å². The molecule has 51 heavy (non-hydrogen) atoms. The number of carbonyl (C=O) groups excluding carboxylic acids is 6. The molecule has 3 fully saturated rings. The lowest BCUT2D eigenvalue weighted by molar-refractivity contribution is -0.147. The minimum atomic E-state index is -3.96. The minimum absolute atomic E-state index is 0.0293. The Kier molecular flexibility index (Phi) is 9.69. The maximum absolute atomic E-state index is 14.4. The number of rotatable bonds is 11. The highest BCUT2D eigenvalue weighted by atomic mass is 32.2. The van der Waals surface area contributed by atoms with E-state index in [1.165, 1.54) is 33.8 Å². The predicted molar refractivity (Wildman–Crippen MR) is 178 cm³/mol. The van der Waals surface area contributed by atoms with E-state index in [1.807, 2.05) is 0 Å². The van der Waals surface area contributed by atoms with Gasteiger partial charge in [0.25, 0.3) is 5.91 Å². The minimum Gasteiger partial charge on any atom is -0.444 e. The monoisotopic (exact) mass is 728 g/mol. The van der Waals surface area contributed by atoms with Gasteiger partial charge in [0.1, 0.15) is 29.5 Å². The van der Waals surface area contributed by atoms with Gasteiger partial charge in [-0.15, -0.1) is 0 Å². The molecule has 0 radical (unpaired) electrons. The van der Waals surface area contributed by atoms with E-state index in [9.17, 15) is 41.6 Å². The number of carbonyl (C=O) groups is 6. The molecular weight excluding hydrogens is 687 g/mol. The molecule has 5 unspecified atom stereocenters. The van der Waals surface area contributed by atoms with Crippen LogP contribution >= 0.6 is 0 Å². The van der Waals surface area contributed by atoms with Crippen LogP contribution in [0.1, 0.15) is 50.7 Å². The van der Waals surface area contributed by atoms with Crippen LogP contribution in [0.4, 0.5) is 9.18 Å². The van der Waals surface area contributed by atoms with Crippen molar-refractivity contribution in [2.45, 2.75) is 81.6 Å². The number of nitrogens with one attached hydrogen (secondary N) is 3. The molecule has 3 heterocycles. The largest absolute Gasteiger partial charge is 0.444 e. The van der Waals surface area contributed by atoms with Crippen molar-refractivity contribution < 1.29 is 46.3 Å². The molecule has 3 N–H and O–H groups in total. The SMILES string of the molecule is C=CC(=O)N1CC(C(NC(C)=O)C(=O)N2CC(OC(=O)N3Cc4cccc(F)c4C3)CC2C(=O)NC2(C(=O)NS(=O)(=O)C3CC3)C=CC2CC)C1. The van der Waals surface area contributed by atoms with Gasteiger partial charge in [0.15, 0.2) is 0 Å². The number of amides is 6. The molecule has 5 aliphatic rings. The molecule has 0 spiro atoms. The summed E-state index contributed by atoms with van der Waals surface area (Å²) in [7, 11) is -3.96. The van der Waals surface area contributed by atoms with Gasteiger partial charge >= 0.3 is 6.09 Å². The number of benzene rings is 1. The van der Waals surface area contributed by atoms with Crippen LogP contribution in [0.25, 0.3) is 0 Å². The highest BCUT2D eigenvalue weighted by Crippen LogP contribution is 2.36. The van der Waals surface area contributed by atoms with Crippen molar-refractivity contribution in [3.05, 3.63) is 60.0 Å². The van der Waals surface area contributed by atoms with Gasteiger partial charge in [-0.2, -0.15) is 0 Å². The quantitative estimate of drug-likeness (QED) is 0.215. The van der Waals surface area contributed by atoms with Gasteiger partial charge in [0.2, 0.25) is 33.7 Å². The lowest BCUT2D eigenvalue weighted by Gasteiger charge is -2.44. The zero-order valence-corrected chi connectivity index (χ0v) is 29.1. The second-order valence-electron chi connectivity index (χ2n) is 13.8. The highest BCUT2D eigenvalue weighted by Gasteiger charge is 2.54. The molecule has 2 saturated heterocycles. The molecule has 1 saturated carbocycles. The Hall–Kier alpha value is -4.80. The number of hydrogen-bond donors (Lipinski definition) is 3. The Morgan fingerprint density at radius 3 is 2.41 bits per heavy atom. The third-order valence-electron chi connectivity index (χ3n) is 10.3. The molecule has 1 aromatic rings. The maximum Gasteiger partial charge on any atom is 0.410 e. The van der Waals surface area contributed by atoms with E-state index in [0.717, 1.165) is 6.08 Å². The molecule has 15 nitrogen and oxygen atoms in total. The Labute approximate surface area is 294 Å². The van der Waals surface area contributed by atoms with Gasteiger partial charge in [-0.3, -0.25) is 33.6 Å². The molecule has 6 amide bonds. The summed E-state index contributed by atoms with van der Waals surface area (Å²) in [5, 5.41) is 4.66. The summed E-state index contributed by atoms with van der Waals surface area (Å²) in [4.78, 5) is 83.6. The average Bonchev–Trinajstić information content (AvgIpc) is 3.69. The van der Waals surface area contributed by atoms with Crippen molar-refractivity contribution in [1.82, 2.24) is 30.1 Å². The third kappa shape index (κ3) is 6.95. The topological polar surface area (TPSA) is 192 Å². The van der Waals surface area contributed by atoms with Crippen molar-refractivity contribution in [2.75, 3.05) is 19.6 Å². The van der Waals surface area contributed by atoms with E-state index in [2.05, 4.69) is 21.9 Å². The summed E-state index contributed by atoms with van der Waals surface area (Å²) < 4.78 is 47.7. The summed E-state index contributed by atoms with van der Waals surface area (Å²) >= 11 is 0. The van der Waals surface area contributed by atoms with Crippen molar-refractivity contribution in [1.29, 1.82) is 0 Å². The number of likely N-dealkylation sites (tertiary alicyclic amines) is 2. The number of hydrogen-bond acceptors (Lipinski definition) is 9. The van der Waals surface area contributed by atoms with Crippen molar-refractivity contribution in [2.24, 2.45) is 11.8 Å². The van der Waals surface area contributed by atoms with Crippen LogP contribution in [0.5, 0.6) is 0 Å². The molecule has 17 heteroatoms. The zero-order chi connectivity index (χ0) is 36.8. The Morgan fingerprint density at radius 1 is 1.10 bits per heavy atom. The van der Waals surface area contributed by atoms with Gasteiger partial charge in [-0.25, -0.2) is 17.6 Å². The lowest BCUT2D eigenvalue weighted by atomic mass is 9.72. The first-order valence-corrected chi connectivity index (χ1v) is 18.5. The fraction of sp³-hybridized carbons (Fsp3) is 0.529. The first-order valence-electron chi connectivity index (χ1n) is 17.0. The van der Waals surface area contributed by atoms with Crippen LogP contribution in [-0.2, 0) is 51.8 Å². The van der Waals surface area contributed by atoms with E-state index in [4.69, 9.17) is 4.74 Å². The van der Waals surface area contributed by atoms with Gasteiger partial charge in [0, 0.05) is 50.4 Å². The van der Waals surface area contributed by atoms with E-state index in [1.54, 1.807) is 25.1 Å². The zero-order valence-electron chi connectivity index (χ0n) is 28.3. The number of halogens is 1. The van der Waals surface area contributed by atoms with Crippen LogP contribution in [-0.4, -0.2) is 107 Å². The van der Waals surface area contributed by atoms with Crippen molar-refractivity contribution in [3.8, 4) is 0 Å². The second kappa shape index (κ2) is 13.7. The van der Waals surface area contributed by atoms with E-state index < -0.39 is 86.4 Å². The smallest absolute Gasteiger partial charge is 0.410 e. The summed E-state index contributed by atoms with van der Waals surface area (Å²) in [6.45, 7) is 6.57. The Balaban J connectivity index is 1.24. The van der Waals surface area contributed by atoms with Crippen LogP contribution in [0.3, 0.4) is 0 Å². The first kappa shape index (κ1) is 36.0. The average molecular weight is 729 g/mol. The highest BCUT2D eigenvalue weighted by molar-refractivity contribution is 7.91. The molecule has 6 rings (SSSR count). The van der Waals surface area contributed by atoms with Gasteiger partial charge in [-0.05, 0) is 37.0 Å². The van der Waals surface area contributed by atoms with Crippen LogP contribution in [0, 0.1) is 17.7 Å². The number of sulfonamides is 1. The third-order valence-corrected chi connectivity index (χ3v) is 12.1. The van der Waals surface area contributed by atoms with Crippen molar-refractivity contribution in [3.63, 3.8) is 0 Å². The fourth-order valence-electron chi connectivity index (χ4n) is 7.19. The number of nitrogens with zero attached hydrogens (tertiary/aromatic N) is 3. The standard InChI is InChI=1S/C34H41FN6O9S/c1-4-22-11-12-34(22,32(46)38-51(48,49)24-9-10-24)37-30(44)27-13-23(50-33(47)40-14-20-7-6-8-26(35)25(20)18-40)17-41(27)31(45)29(36-19(3)42)21-15-39(16-21)28(43)5-2/h5-8,11-12,21-24,27,29H,2,4,9-10,13-18H2,1,3H3,(H,36,42)(H,37,44)(H,38,46). The van der Waals surface area contributed by atoms with Gasteiger partial charge in [-0.1, -0.05) is 37.8 Å². The van der Waals surface area contributed by atoms with Crippen LogP contribution < -0.4 is 15.4 Å². The predicted octanol–water partition coefficient (Wildman–Crippen LogP) is 0.456. The van der Waals surface area contributed by atoms with Crippen molar-refractivity contribution >= 4 is 45.7 Å². The summed E-state index contributed by atoms with van der Waals surface area (Å²) in [5.41, 5.74) is -0.732. The number of fused-ring (bicyclic) bond motifs is 1. The van der Waals surface area contributed by atoms with E-state index in [-0.39, 0.29) is 45.1 Å². The molecule has 1 aromatic carbocycles. The molecule has 0 bridgehead atoms. The molecular formula is C34H41FN6O9S. The van der Waals surface area contributed by atoms with E-state index in [0.29, 0.717) is 30.4 Å². The molecule has 2 aliphatic carbocycles. The number of ether oxygens (including phenoxy) is 1. The summed E-state index contributed by atoms with van der Waals surface area (Å²) in [5.74, 6) is -4.76. The maximum atomic E-state index is 14.4. The Bertz CT molecular complexity index is 1810. The van der Waals surface area contributed by atoms with Gasteiger partial charge in [0.05, 0.1) is 18.3 Å². The van der Waals surface area contributed by atoms with Gasteiger partial charge < -0.3 is 25.2 Å². The van der Waals surface area contributed by atoms with Crippen LogP contribution in [0.15, 0.2) is 43.0 Å². The first-order chi connectivity index (χ1) is 24.2. The lowest BCUT2D eigenvalue weighted by Crippen LogP contribution is -2.68. The fourth-order valence-corrected chi connectivity index (χ4v) is 8.54. The summed E-state index contributed by atoms with van der Waals surface area (Å²) in [6, 6.07) is 2.09. The molecule has 274 valence electrons. The molecule has 5 atom stereocenters. The molecule has 3 aliphatic heterocycles.